The van der Waals surface area contributed by atoms with Crippen molar-refractivity contribution in [3.05, 3.63) is 64.7 Å². The van der Waals surface area contributed by atoms with Crippen molar-refractivity contribution in [2.24, 2.45) is 0 Å². The highest BCUT2D eigenvalue weighted by Crippen LogP contribution is 2.30. The molecule has 1 aromatic carbocycles. The van der Waals surface area contributed by atoms with Crippen molar-refractivity contribution in [2.75, 3.05) is 19.0 Å². The summed E-state index contributed by atoms with van der Waals surface area (Å²) in [4.78, 5) is 32.2. The molecule has 0 saturated heterocycles. The minimum atomic E-state index is -5.32. The van der Waals surface area contributed by atoms with Crippen molar-refractivity contribution in [3.63, 3.8) is 0 Å². The zero-order valence-electron chi connectivity index (χ0n) is 21.0. The lowest BCUT2D eigenvalue weighted by Crippen LogP contribution is -2.28. The highest BCUT2D eigenvalue weighted by Gasteiger charge is 2.42. The van der Waals surface area contributed by atoms with Crippen LogP contribution >= 0.6 is 0 Å². The first-order valence-electron chi connectivity index (χ1n) is 12.3. The maximum Gasteiger partial charge on any atom is 0.491 e. The van der Waals surface area contributed by atoms with E-state index in [1.807, 2.05) is 6.07 Å². The minimum Gasteiger partial charge on any atom is -0.494 e. The molecule has 1 N–H and O–H groups in total. The Morgan fingerprint density at radius 2 is 1.97 bits per heavy atom. The number of carbonyl (C=O) groups excluding carboxylic acids is 2. The lowest BCUT2D eigenvalue weighted by molar-refractivity contribution is -0.202. The van der Waals surface area contributed by atoms with Crippen molar-refractivity contribution in [1.82, 2.24) is 15.1 Å². The fourth-order valence-corrected chi connectivity index (χ4v) is 4.26. The van der Waals surface area contributed by atoms with Crippen LogP contribution in [0, 0.1) is 5.82 Å². The number of aryl methyl sites for hydroxylation is 3. The number of hydrogen-bond donors (Lipinski definition) is 1. The number of pyridine rings is 1. The topological polar surface area (TPSA) is 116 Å². The molecule has 3 heterocycles. The number of hydrogen-bond acceptors (Lipinski definition) is 9. The van der Waals surface area contributed by atoms with Gasteiger partial charge in [0.15, 0.2) is 17.4 Å². The van der Waals surface area contributed by atoms with E-state index in [0.717, 1.165) is 37.0 Å². The second-order valence-corrected chi connectivity index (χ2v) is 9.06. The molecule has 0 fully saturated rings. The third kappa shape index (κ3) is 7.52. The van der Waals surface area contributed by atoms with E-state index in [-0.39, 0.29) is 18.1 Å². The Kier molecular flexibility index (Phi) is 8.77. The number of aromatic nitrogens is 3. The summed E-state index contributed by atoms with van der Waals surface area (Å²) >= 11 is 0. The largest absolute Gasteiger partial charge is 0.494 e. The molecule has 1 atom stereocenters. The average molecular weight is 551 g/mol. The van der Waals surface area contributed by atoms with Gasteiger partial charge in [-0.1, -0.05) is 17.3 Å². The van der Waals surface area contributed by atoms with E-state index in [1.54, 1.807) is 0 Å². The van der Waals surface area contributed by atoms with Gasteiger partial charge in [-0.15, -0.1) is 0 Å². The molecule has 0 saturated carbocycles. The van der Waals surface area contributed by atoms with Crippen LogP contribution in [0.3, 0.4) is 0 Å². The van der Waals surface area contributed by atoms with Crippen LogP contribution in [0.25, 0.3) is 0 Å². The van der Waals surface area contributed by atoms with Gasteiger partial charge in [0.05, 0.1) is 13.5 Å². The molecule has 0 amide bonds. The van der Waals surface area contributed by atoms with E-state index < -0.39 is 36.3 Å². The Bertz CT molecular complexity index is 1330. The Labute approximate surface area is 220 Å². The number of benzene rings is 1. The Morgan fingerprint density at radius 3 is 2.74 bits per heavy atom. The van der Waals surface area contributed by atoms with Gasteiger partial charge in [-0.2, -0.15) is 18.2 Å². The van der Waals surface area contributed by atoms with Crippen LogP contribution in [0.1, 0.15) is 53.7 Å². The van der Waals surface area contributed by atoms with Crippen LogP contribution in [0.2, 0.25) is 0 Å². The Hall–Kier alpha value is -4.03. The molecular weight excluding hydrogens is 524 g/mol. The van der Waals surface area contributed by atoms with Crippen LogP contribution < -0.4 is 10.1 Å². The number of halogens is 4. The highest BCUT2D eigenvalue weighted by molar-refractivity contribution is 5.88. The number of nitrogens with one attached hydrogen (secondary N) is 1. The number of ether oxygens (including phenoxy) is 2. The van der Waals surface area contributed by atoms with Gasteiger partial charge in [0.25, 0.3) is 0 Å². The van der Waals surface area contributed by atoms with Crippen molar-refractivity contribution in [3.8, 4) is 5.75 Å². The summed E-state index contributed by atoms with van der Waals surface area (Å²) in [5, 5.41) is 7.25. The molecule has 208 valence electrons. The predicted molar refractivity (Wildman–Crippen MR) is 129 cm³/mol. The predicted octanol–water partition coefficient (Wildman–Crippen LogP) is 4.49. The zero-order valence-corrected chi connectivity index (χ0v) is 21.0. The molecule has 0 aliphatic carbocycles. The molecule has 1 aliphatic heterocycles. The lowest BCUT2D eigenvalue weighted by Gasteiger charge is -2.17. The third-order valence-corrected chi connectivity index (χ3v) is 6.21. The van der Waals surface area contributed by atoms with Crippen molar-refractivity contribution in [1.29, 1.82) is 0 Å². The van der Waals surface area contributed by atoms with E-state index in [9.17, 15) is 27.2 Å². The van der Waals surface area contributed by atoms with E-state index in [2.05, 4.69) is 31.2 Å². The van der Waals surface area contributed by atoms with Gasteiger partial charge < -0.3 is 19.3 Å². The highest BCUT2D eigenvalue weighted by atomic mass is 19.4. The molecule has 4 rings (SSSR count). The van der Waals surface area contributed by atoms with Gasteiger partial charge in [-0.3, -0.25) is 4.79 Å². The number of methoxy groups -OCH3 is 1. The summed E-state index contributed by atoms with van der Waals surface area (Å²) in [5.74, 6) is -4.25. The first-order chi connectivity index (χ1) is 18.6. The lowest BCUT2D eigenvalue weighted by atomic mass is 9.92. The zero-order chi connectivity index (χ0) is 28.0. The molecule has 1 unspecified atom stereocenters. The van der Waals surface area contributed by atoms with Crippen molar-refractivity contribution < 1.29 is 41.1 Å². The summed E-state index contributed by atoms with van der Waals surface area (Å²) in [7, 11) is 1.24. The van der Waals surface area contributed by atoms with Gasteiger partial charge in [0.2, 0.25) is 5.89 Å². The standard InChI is InChI=1S/C26H26F4N4O5/c1-37-20-12-16(8-10-19(20)27)17(14-23(35)38-25(36)26(28,29)30)13-22-33-21(34-39-22)6-2-5-18-9-7-15-4-3-11-31-24(15)32-18/h7-10,12,17H,2-6,11,13-14H2,1H3,(H,31,32). The maximum absolute atomic E-state index is 13.9. The van der Waals surface area contributed by atoms with Gasteiger partial charge in [-0.25, -0.2) is 14.2 Å². The quantitative estimate of drug-likeness (QED) is 0.221. The molecule has 39 heavy (non-hydrogen) atoms. The number of nitrogens with zero attached hydrogens (tertiary/aromatic N) is 3. The SMILES string of the molecule is COc1cc(C(CC(=O)OC(=O)C(F)(F)F)Cc2nc(CCCc3ccc4c(n3)NCCC4)no2)ccc1F. The molecule has 0 radical (unpaired) electrons. The molecule has 9 nitrogen and oxygen atoms in total. The van der Waals surface area contributed by atoms with Crippen molar-refractivity contribution >= 4 is 17.8 Å². The minimum absolute atomic E-state index is 0.0743. The number of fused-ring (bicyclic) bond motifs is 1. The van der Waals surface area contributed by atoms with Crippen LogP contribution in [0.5, 0.6) is 5.75 Å². The molecule has 1 aliphatic rings. The monoisotopic (exact) mass is 550 g/mol. The number of anilines is 1. The molecule has 2 aromatic heterocycles. The molecule has 3 aromatic rings. The van der Waals surface area contributed by atoms with E-state index in [0.29, 0.717) is 30.7 Å². The summed E-state index contributed by atoms with van der Waals surface area (Å²) in [6.07, 6.45) is -2.09. The van der Waals surface area contributed by atoms with Crippen LogP contribution in [0.4, 0.5) is 23.4 Å². The van der Waals surface area contributed by atoms with Gasteiger partial charge in [0.1, 0.15) is 5.82 Å². The first kappa shape index (κ1) is 28.0. The molecule has 13 heteroatoms. The summed E-state index contributed by atoms with van der Waals surface area (Å²) in [6.45, 7) is 0.900. The molecule has 0 spiro atoms. The second kappa shape index (κ2) is 12.2. The van der Waals surface area contributed by atoms with Gasteiger partial charge >= 0.3 is 18.1 Å². The van der Waals surface area contributed by atoms with Crippen LogP contribution in [-0.2, 0) is 40.0 Å². The van der Waals surface area contributed by atoms with Crippen LogP contribution in [0.15, 0.2) is 34.9 Å². The second-order valence-electron chi connectivity index (χ2n) is 9.06. The summed E-state index contributed by atoms with van der Waals surface area (Å²) in [6, 6.07) is 7.82. The number of esters is 2. The first-order valence-corrected chi connectivity index (χ1v) is 12.3. The van der Waals surface area contributed by atoms with Crippen LogP contribution in [-0.4, -0.2) is 46.9 Å². The molecule has 0 bridgehead atoms. The average Bonchev–Trinajstić information content (AvgIpc) is 3.35. The fourth-order valence-electron chi connectivity index (χ4n) is 4.26. The molecular formula is C26H26F4N4O5. The summed E-state index contributed by atoms with van der Waals surface area (Å²) in [5.41, 5.74) is 2.48. The smallest absolute Gasteiger partial charge is 0.491 e. The number of alkyl halides is 3. The number of rotatable bonds is 10. The van der Waals surface area contributed by atoms with E-state index in [1.165, 1.54) is 24.8 Å². The fraction of sp³-hybridized carbons (Fsp3) is 0.423. The Balaban J connectivity index is 1.41. The number of carbonyl (C=O) groups is 2. The van der Waals surface area contributed by atoms with Gasteiger partial charge in [0, 0.05) is 31.0 Å². The summed E-state index contributed by atoms with van der Waals surface area (Å²) < 4.78 is 65.7. The maximum atomic E-state index is 13.9. The van der Waals surface area contributed by atoms with E-state index >= 15 is 0 Å². The normalized spacial score (nSPS) is 13.8. The Morgan fingerprint density at radius 1 is 1.15 bits per heavy atom. The third-order valence-electron chi connectivity index (χ3n) is 6.21. The van der Waals surface area contributed by atoms with E-state index in [4.69, 9.17) is 9.26 Å². The van der Waals surface area contributed by atoms with Gasteiger partial charge in [-0.05, 0) is 55.0 Å². The van der Waals surface area contributed by atoms with Crippen molar-refractivity contribution in [2.45, 2.75) is 57.0 Å².